The number of anilines is 1. The van der Waals surface area contributed by atoms with Crippen molar-refractivity contribution in [1.29, 1.82) is 0 Å². The highest BCUT2D eigenvalue weighted by atomic mass is 16.5. The highest BCUT2D eigenvalue weighted by Crippen LogP contribution is 2.25. The zero-order chi connectivity index (χ0) is 16.8. The molecule has 2 aromatic carbocycles. The van der Waals surface area contributed by atoms with Gasteiger partial charge in [0.15, 0.2) is 0 Å². The quantitative estimate of drug-likeness (QED) is 0.699. The van der Waals surface area contributed by atoms with E-state index in [2.05, 4.69) is 4.98 Å². The third kappa shape index (κ3) is 3.98. The van der Waals surface area contributed by atoms with Gasteiger partial charge in [-0.1, -0.05) is 18.2 Å². The first-order valence-corrected chi connectivity index (χ1v) is 7.72. The van der Waals surface area contributed by atoms with Crippen molar-refractivity contribution >= 4 is 11.6 Å². The van der Waals surface area contributed by atoms with E-state index in [0.29, 0.717) is 6.54 Å². The van der Waals surface area contributed by atoms with E-state index in [1.165, 1.54) is 0 Å². The fourth-order valence-corrected chi connectivity index (χ4v) is 2.37. The number of nitrogens with zero attached hydrogens (tertiary/aromatic N) is 2. The van der Waals surface area contributed by atoms with Crippen LogP contribution in [0.3, 0.4) is 0 Å². The first-order chi connectivity index (χ1) is 11.7. The molecule has 4 nitrogen and oxygen atoms in total. The van der Waals surface area contributed by atoms with Crippen molar-refractivity contribution < 1.29 is 9.53 Å². The highest BCUT2D eigenvalue weighted by molar-refractivity contribution is 5.91. The van der Waals surface area contributed by atoms with Gasteiger partial charge >= 0.3 is 0 Å². The predicted octanol–water partition coefficient (Wildman–Crippen LogP) is 4.43. The van der Waals surface area contributed by atoms with Gasteiger partial charge in [0.05, 0.1) is 6.54 Å². The number of benzene rings is 2. The molecule has 24 heavy (non-hydrogen) atoms. The van der Waals surface area contributed by atoms with Crippen molar-refractivity contribution in [3.63, 3.8) is 0 Å². The molecule has 1 heterocycles. The van der Waals surface area contributed by atoms with Gasteiger partial charge in [-0.3, -0.25) is 9.78 Å². The Morgan fingerprint density at radius 2 is 1.54 bits per heavy atom. The van der Waals surface area contributed by atoms with Crippen molar-refractivity contribution in [3.8, 4) is 11.5 Å². The zero-order valence-corrected chi connectivity index (χ0v) is 13.4. The number of carbonyl (C=O) groups is 1. The lowest BCUT2D eigenvalue weighted by Gasteiger charge is -2.21. The summed E-state index contributed by atoms with van der Waals surface area (Å²) in [5, 5.41) is 0. The molecule has 1 amide bonds. The number of hydrogen-bond acceptors (Lipinski definition) is 3. The Bertz CT molecular complexity index is 787. The summed E-state index contributed by atoms with van der Waals surface area (Å²) in [4.78, 5) is 17.7. The van der Waals surface area contributed by atoms with Crippen LogP contribution in [0.2, 0.25) is 0 Å². The van der Waals surface area contributed by atoms with Gasteiger partial charge in [0.1, 0.15) is 11.5 Å². The molecule has 3 aromatic rings. The lowest BCUT2D eigenvalue weighted by Crippen LogP contribution is -2.27. The van der Waals surface area contributed by atoms with E-state index in [4.69, 9.17) is 4.74 Å². The van der Waals surface area contributed by atoms with Gasteiger partial charge in [-0.25, -0.2) is 0 Å². The Morgan fingerprint density at radius 3 is 2.17 bits per heavy atom. The fraction of sp³-hybridized carbons (Fsp3) is 0.100. The molecule has 3 rings (SSSR count). The average Bonchev–Trinajstić information content (AvgIpc) is 2.62. The third-order valence-corrected chi connectivity index (χ3v) is 3.60. The van der Waals surface area contributed by atoms with Crippen molar-refractivity contribution in [2.75, 3.05) is 4.90 Å². The van der Waals surface area contributed by atoms with Gasteiger partial charge in [0, 0.05) is 25.0 Å². The van der Waals surface area contributed by atoms with Gasteiger partial charge in [0.25, 0.3) is 0 Å². The number of para-hydroxylation sites is 1. The van der Waals surface area contributed by atoms with E-state index in [-0.39, 0.29) is 5.91 Å². The first-order valence-electron chi connectivity index (χ1n) is 7.72. The van der Waals surface area contributed by atoms with E-state index in [1.807, 2.05) is 66.7 Å². The van der Waals surface area contributed by atoms with Crippen LogP contribution in [-0.4, -0.2) is 10.9 Å². The molecule has 0 aliphatic rings. The van der Waals surface area contributed by atoms with Gasteiger partial charge in [0.2, 0.25) is 5.91 Å². The molecule has 0 saturated heterocycles. The summed E-state index contributed by atoms with van der Waals surface area (Å²) in [6.07, 6.45) is 3.45. The minimum atomic E-state index is -0.0106. The number of pyridine rings is 1. The normalized spacial score (nSPS) is 10.2. The Kier molecular flexibility index (Phi) is 4.87. The molecule has 0 saturated carbocycles. The predicted molar refractivity (Wildman–Crippen MR) is 94.1 cm³/mol. The molecule has 0 unspecified atom stereocenters. The van der Waals surface area contributed by atoms with Crippen molar-refractivity contribution in [2.24, 2.45) is 0 Å². The van der Waals surface area contributed by atoms with Crippen LogP contribution in [0.25, 0.3) is 0 Å². The molecular weight excluding hydrogens is 300 g/mol. The van der Waals surface area contributed by atoms with Crippen LogP contribution in [0.5, 0.6) is 11.5 Å². The second-order valence-electron chi connectivity index (χ2n) is 5.37. The number of carbonyl (C=O) groups excluding carboxylic acids is 1. The minimum Gasteiger partial charge on any atom is -0.457 e. The summed E-state index contributed by atoms with van der Waals surface area (Å²) in [7, 11) is 0. The third-order valence-electron chi connectivity index (χ3n) is 3.60. The Hall–Kier alpha value is -3.14. The SMILES string of the molecule is CC(=O)N(Cc1ccncc1)c1ccc(Oc2ccccc2)cc1. The number of rotatable bonds is 5. The molecule has 0 bridgehead atoms. The van der Waals surface area contributed by atoms with E-state index in [1.54, 1.807) is 24.2 Å². The molecule has 0 radical (unpaired) electrons. The summed E-state index contributed by atoms with van der Waals surface area (Å²) in [6, 6.07) is 20.9. The number of aromatic nitrogens is 1. The second-order valence-corrected chi connectivity index (χ2v) is 5.37. The Balaban J connectivity index is 1.75. The van der Waals surface area contributed by atoms with Gasteiger partial charge in [-0.05, 0) is 54.1 Å². The summed E-state index contributed by atoms with van der Waals surface area (Å²) >= 11 is 0. The van der Waals surface area contributed by atoms with Crippen molar-refractivity contribution in [1.82, 2.24) is 4.98 Å². The summed E-state index contributed by atoms with van der Waals surface area (Å²) in [5.74, 6) is 1.51. The van der Waals surface area contributed by atoms with Crippen LogP contribution in [-0.2, 0) is 11.3 Å². The van der Waals surface area contributed by atoms with Crippen LogP contribution < -0.4 is 9.64 Å². The standard InChI is InChI=1S/C20H18N2O2/c1-16(23)22(15-17-11-13-21-14-12-17)18-7-9-20(10-8-18)24-19-5-3-2-4-6-19/h2-14H,15H2,1H3. The maximum atomic E-state index is 12.0. The Labute approximate surface area is 141 Å². The van der Waals surface area contributed by atoms with Crippen molar-refractivity contribution in [3.05, 3.63) is 84.7 Å². The lowest BCUT2D eigenvalue weighted by atomic mass is 10.2. The van der Waals surface area contributed by atoms with Gasteiger partial charge in [-0.15, -0.1) is 0 Å². The van der Waals surface area contributed by atoms with Crippen LogP contribution in [0.1, 0.15) is 12.5 Å². The van der Waals surface area contributed by atoms with Gasteiger partial charge in [-0.2, -0.15) is 0 Å². The zero-order valence-electron chi connectivity index (χ0n) is 13.4. The fourth-order valence-electron chi connectivity index (χ4n) is 2.37. The lowest BCUT2D eigenvalue weighted by molar-refractivity contribution is -0.116. The summed E-state index contributed by atoms with van der Waals surface area (Å²) < 4.78 is 5.78. The van der Waals surface area contributed by atoms with Gasteiger partial charge < -0.3 is 9.64 Å². The highest BCUT2D eigenvalue weighted by Gasteiger charge is 2.12. The Morgan fingerprint density at radius 1 is 0.917 bits per heavy atom. The van der Waals surface area contributed by atoms with E-state index in [0.717, 1.165) is 22.7 Å². The molecule has 1 aromatic heterocycles. The van der Waals surface area contributed by atoms with Crippen molar-refractivity contribution in [2.45, 2.75) is 13.5 Å². The van der Waals surface area contributed by atoms with E-state index >= 15 is 0 Å². The number of ether oxygens (including phenoxy) is 1. The second kappa shape index (κ2) is 7.42. The molecule has 0 atom stereocenters. The number of hydrogen-bond donors (Lipinski definition) is 0. The van der Waals surface area contributed by atoms with E-state index in [9.17, 15) is 4.79 Å². The molecule has 0 fully saturated rings. The molecular formula is C20H18N2O2. The van der Waals surface area contributed by atoms with Crippen LogP contribution in [0.4, 0.5) is 5.69 Å². The molecule has 0 aliphatic heterocycles. The topological polar surface area (TPSA) is 42.4 Å². The molecule has 0 spiro atoms. The van der Waals surface area contributed by atoms with Crippen LogP contribution in [0, 0.1) is 0 Å². The monoisotopic (exact) mass is 318 g/mol. The maximum absolute atomic E-state index is 12.0. The first kappa shape index (κ1) is 15.7. The summed E-state index contributed by atoms with van der Waals surface area (Å²) in [6.45, 7) is 2.08. The average molecular weight is 318 g/mol. The summed E-state index contributed by atoms with van der Waals surface area (Å²) in [5.41, 5.74) is 1.87. The largest absolute Gasteiger partial charge is 0.457 e. The molecule has 120 valence electrons. The molecule has 4 heteroatoms. The van der Waals surface area contributed by atoms with E-state index < -0.39 is 0 Å². The maximum Gasteiger partial charge on any atom is 0.224 e. The smallest absolute Gasteiger partial charge is 0.224 e. The molecule has 0 aliphatic carbocycles. The molecule has 0 N–H and O–H groups in total. The number of amides is 1. The van der Waals surface area contributed by atoms with Crippen LogP contribution in [0.15, 0.2) is 79.1 Å². The van der Waals surface area contributed by atoms with Crippen LogP contribution >= 0.6 is 0 Å². The minimum absolute atomic E-state index is 0.0106.